The Hall–Kier alpha value is -2.01. The maximum absolute atomic E-state index is 2.38. The fourth-order valence-corrected chi connectivity index (χ4v) is 4.40. The van der Waals surface area contributed by atoms with Crippen molar-refractivity contribution >= 4 is 28.7 Å². The van der Waals surface area contributed by atoms with Crippen molar-refractivity contribution in [1.82, 2.24) is 4.90 Å². The summed E-state index contributed by atoms with van der Waals surface area (Å²) in [6, 6.07) is 17.3. The number of quaternary nitrogens is 1. The van der Waals surface area contributed by atoms with Gasteiger partial charge in [-0.3, -0.25) is 0 Å². The summed E-state index contributed by atoms with van der Waals surface area (Å²) in [5, 5.41) is 3.65. The SMILES string of the molecule is C/C=C(/C=C1\Sc2ccccc2N1C)c1ccccc1[NH2+]CCCN(C)C. The standard InChI is InChI=1S/C23H29N3S/c1-5-18(17-23-26(4)21-13-8-9-14-22(21)27-23)19-11-6-7-12-20(19)24-15-10-16-25(2)3/h5-9,11-14,17,24H,10,15-16H2,1-4H3/p+1/b18-5-,23-17-. The monoisotopic (exact) mass is 380 g/mol. The first-order valence-corrected chi connectivity index (χ1v) is 10.4. The van der Waals surface area contributed by atoms with E-state index in [1.807, 2.05) is 11.8 Å². The maximum Gasteiger partial charge on any atom is 0.137 e. The van der Waals surface area contributed by atoms with Gasteiger partial charge in [-0.25, -0.2) is 0 Å². The average molecular weight is 381 g/mol. The van der Waals surface area contributed by atoms with Crippen LogP contribution in [-0.4, -0.2) is 39.1 Å². The van der Waals surface area contributed by atoms with Gasteiger partial charge in [-0.05, 0) is 56.9 Å². The van der Waals surface area contributed by atoms with E-state index in [-0.39, 0.29) is 0 Å². The summed E-state index contributed by atoms with van der Waals surface area (Å²) in [6.07, 6.45) is 5.72. The Balaban J connectivity index is 1.79. The van der Waals surface area contributed by atoms with Crippen molar-refractivity contribution < 1.29 is 5.32 Å². The van der Waals surface area contributed by atoms with Crippen LogP contribution >= 0.6 is 11.8 Å². The molecule has 0 aromatic heterocycles. The summed E-state index contributed by atoms with van der Waals surface area (Å²) in [5.41, 5.74) is 5.19. The fraction of sp³-hybridized carbons (Fsp3) is 0.304. The van der Waals surface area contributed by atoms with Gasteiger partial charge < -0.3 is 15.1 Å². The smallest absolute Gasteiger partial charge is 0.137 e. The molecule has 4 heteroatoms. The number of rotatable bonds is 7. The Labute approximate surface area is 167 Å². The van der Waals surface area contributed by atoms with E-state index in [2.05, 4.69) is 104 Å². The zero-order valence-corrected chi connectivity index (χ0v) is 17.6. The second-order valence-electron chi connectivity index (χ2n) is 7.09. The highest BCUT2D eigenvalue weighted by Crippen LogP contribution is 2.45. The van der Waals surface area contributed by atoms with E-state index in [1.54, 1.807) is 0 Å². The number of thioether (sulfide) groups is 1. The number of benzene rings is 2. The molecule has 3 nitrogen and oxygen atoms in total. The number of fused-ring (bicyclic) bond motifs is 1. The van der Waals surface area contributed by atoms with Crippen LogP contribution in [0.1, 0.15) is 18.9 Å². The van der Waals surface area contributed by atoms with Crippen LogP contribution < -0.4 is 10.2 Å². The Kier molecular flexibility index (Phi) is 6.78. The quantitative estimate of drug-likeness (QED) is 0.571. The Morgan fingerprint density at radius 2 is 1.85 bits per heavy atom. The zero-order chi connectivity index (χ0) is 19.2. The molecule has 0 aliphatic carbocycles. The normalized spacial score (nSPS) is 15.7. The van der Waals surface area contributed by atoms with Crippen LogP contribution in [0.4, 0.5) is 11.4 Å². The number of nitrogens with zero attached hydrogens (tertiary/aromatic N) is 2. The minimum atomic E-state index is 1.10. The third-order valence-electron chi connectivity index (χ3n) is 4.81. The van der Waals surface area contributed by atoms with E-state index in [9.17, 15) is 0 Å². The fourth-order valence-electron chi connectivity index (χ4n) is 3.30. The van der Waals surface area contributed by atoms with Crippen molar-refractivity contribution in [2.75, 3.05) is 39.1 Å². The summed E-state index contributed by atoms with van der Waals surface area (Å²) in [7, 11) is 6.41. The lowest BCUT2D eigenvalue weighted by Crippen LogP contribution is -2.78. The van der Waals surface area contributed by atoms with Crippen LogP contribution in [0.3, 0.4) is 0 Å². The predicted molar refractivity (Wildman–Crippen MR) is 119 cm³/mol. The molecule has 0 amide bonds. The van der Waals surface area contributed by atoms with Crippen LogP contribution in [0.5, 0.6) is 0 Å². The van der Waals surface area contributed by atoms with Crippen LogP contribution in [0.2, 0.25) is 0 Å². The van der Waals surface area contributed by atoms with Gasteiger partial charge in [0.1, 0.15) is 5.69 Å². The van der Waals surface area contributed by atoms with Crippen molar-refractivity contribution in [3.8, 4) is 0 Å². The van der Waals surface area contributed by atoms with Crippen LogP contribution in [-0.2, 0) is 0 Å². The molecule has 0 atom stereocenters. The molecule has 3 rings (SSSR count). The summed E-state index contributed by atoms with van der Waals surface area (Å²) in [6.45, 7) is 4.35. The summed E-state index contributed by atoms with van der Waals surface area (Å²) >= 11 is 1.84. The molecule has 0 saturated carbocycles. The van der Waals surface area contributed by atoms with Crippen molar-refractivity contribution in [2.24, 2.45) is 0 Å². The minimum absolute atomic E-state index is 1.10. The van der Waals surface area contributed by atoms with E-state index in [4.69, 9.17) is 0 Å². The third-order valence-corrected chi connectivity index (χ3v) is 5.97. The molecule has 1 heterocycles. The largest absolute Gasteiger partial charge is 0.338 e. The zero-order valence-electron chi connectivity index (χ0n) is 16.8. The lowest BCUT2D eigenvalue weighted by atomic mass is 10.0. The lowest BCUT2D eigenvalue weighted by molar-refractivity contribution is -0.572. The molecular weight excluding hydrogens is 350 g/mol. The van der Waals surface area contributed by atoms with Gasteiger partial charge in [0.25, 0.3) is 0 Å². The molecule has 0 bridgehead atoms. The maximum atomic E-state index is 2.38. The Morgan fingerprint density at radius 1 is 1.11 bits per heavy atom. The van der Waals surface area contributed by atoms with Crippen molar-refractivity contribution in [1.29, 1.82) is 0 Å². The first kappa shape index (κ1) is 19.7. The number of nitrogens with two attached hydrogens (primary N) is 1. The number of hydrogen-bond acceptors (Lipinski definition) is 3. The Bertz CT molecular complexity index is 839. The predicted octanol–water partition coefficient (Wildman–Crippen LogP) is 4.32. The number of allylic oxidation sites excluding steroid dienone is 3. The molecule has 142 valence electrons. The van der Waals surface area contributed by atoms with Gasteiger partial charge in [-0.2, -0.15) is 0 Å². The lowest BCUT2D eigenvalue weighted by Gasteiger charge is -2.15. The number of anilines is 1. The summed E-state index contributed by atoms with van der Waals surface area (Å²) in [4.78, 5) is 5.85. The van der Waals surface area contributed by atoms with E-state index in [0.29, 0.717) is 0 Å². The molecule has 2 aromatic carbocycles. The third kappa shape index (κ3) is 4.83. The molecule has 2 N–H and O–H groups in total. The van der Waals surface area contributed by atoms with Crippen molar-refractivity contribution in [3.63, 3.8) is 0 Å². The Morgan fingerprint density at radius 3 is 2.59 bits per heavy atom. The molecule has 2 aromatic rings. The molecule has 1 aliphatic heterocycles. The molecule has 0 spiro atoms. The summed E-state index contributed by atoms with van der Waals surface area (Å²) < 4.78 is 0. The van der Waals surface area contributed by atoms with E-state index in [1.165, 1.54) is 38.9 Å². The van der Waals surface area contributed by atoms with Crippen LogP contribution in [0.15, 0.2) is 70.6 Å². The molecule has 0 unspecified atom stereocenters. The molecule has 1 aliphatic rings. The highest BCUT2D eigenvalue weighted by Gasteiger charge is 2.22. The number of para-hydroxylation sites is 2. The molecule has 0 saturated heterocycles. The van der Waals surface area contributed by atoms with Gasteiger partial charge in [0.2, 0.25) is 0 Å². The first-order valence-electron chi connectivity index (χ1n) is 9.56. The van der Waals surface area contributed by atoms with Gasteiger partial charge in [0, 0.05) is 30.5 Å². The number of hydrogen-bond donors (Lipinski definition) is 1. The van der Waals surface area contributed by atoms with E-state index in [0.717, 1.165) is 13.1 Å². The van der Waals surface area contributed by atoms with Gasteiger partial charge in [-0.1, -0.05) is 42.1 Å². The summed E-state index contributed by atoms with van der Waals surface area (Å²) in [5.74, 6) is 0. The van der Waals surface area contributed by atoms with Crippen LogP contribution in [0.25, 0.3) is 5.57 Å². The van der Waals surface area contributed by atoms with Gasteiger partial charge >= 0.3 is 0 Å². The van der Waals surface area contributed by atoms with Gasteiger partial charge in [0.05, 0.1) is 17.3 Å². The van der Waals surface area contributed by atoms with Crippen molar-refractivity contribution in [3.05, 3.63) is 71.3 Å². The first-order chi connectivity index (χ1) is 13.1. The van der Waals surface area contributed by atoms with Gasteiger partial charge in [0.15, 0.2) is 0 Å². The highest BCUT2D eigenvalue weighted by atomic mass is 32.2. The van der Waals surface area contributed by atoms with E-state index >= 15 is 0 Å². The average Bonchev–Trinajstić information content (AvgIpc) is 2.99. The van der Waals surface area contributed by atoms with E-state index < -0.39 is 0 Å². The second-order valence-corrected chi connectivity index (χ2v) is 8.15. The van der Waals surface area contributed by atoms with Crippen LogP contribution in [0, 0.1) is 0 Å². The minimum Gasteiger partial charge on any atom is -0.338 e. The molecular formula is C23H30N3S+. The van der Waals surface area contributed by atoms with Gasteiger partial charge in [-0.15, -0.1) is 0 Å². The highest BCUT2D eigenvalue weighted by molar-refractivity contribution is 8.03. The molecule has 0 radical (unpaired) electrons. The second kappa shape index (κ2) is 9.27. The van der Waals surface area contributed by atoms with Crippen molar-refractivity contribution in [2.45, 2.75) is 18.2 Å². The topological polar surface area (TPSA) is 23.1 Å². The molecule has 0 fully saturated rings. The molecule has 27 heavy (non-hydrogen) atoms.